The van der Waals surface area contributed by atoms with E-state index in [-0.39, 0.29) is 11.7 Å². The first-order chi connectivity index (χ1) is 13.1. The third-order valence-electron chi connectivity index (χ3n) is 4.40. The molecule has 0 bridgehead atoms. The van der Waals surface area contributed by atoms with E-state index in [9.17, 15) is 9.59 Å². The summed E-state index contributed by atoms with van der Waals surface area (Å²) in [5.41, 5.74) is 1.51. The number of nitrogens with zero attached hydrogens (tertiary/aromatic N) is 2. The SMILES string of the molecule is CCOc1cc2c(cc1NC(=O)c1cnc3ccccn3c1=O)O[C@H](C)C2. The van der Waals surface area contributed by atoms with Crippen molar-refractivity contribution in [2.45, 2.75) is 26.4 Å². The van der Waals surface area contributed by atoms with Crippen LogP contribution in [0.25, 0.3) is 5.65 Å². The summed E-state index contributed by atoms with van der Waals surface area (Å²) < 4.78 is 12.8. The number of benzene rings is 1. The number of nitrogens with one attached hydrogen (secondary N) is 1. The van der Waals surface area contributed by atoms with Gasteiger partial charge in [0.2, 0.25) is 0 Å². The zero-order valence-electron chi connectivity index (χ0n) is 15.1. The Labute approximate surface area is 155 Å². The molecule has 0 saturated heterocycles. The molecule has 0 fully saturated rings. The fourth-order valence-corrected chi connectivity index (χ4v) is 3.18. The van der Waals surface area contributed by atoms with Gasteiger partial charge in [-0.25, -0.2) is 4.98 Å². The van der Waals surface area contributed by atoms with E-state index in [1.54, 1.807) is 30.5 Å². The van der Waals surface area contributed by atoms with Crippen LogP contribution in [0.4, 0.5) is 5.69 Å². The average molecular weight is 365 g/mol. The van der Waals surface area contributed by atoms with Gasteiger partial charge in [-0.2, -0.15) is 0 Å². The first-order valence-corrected chi connectivity index (χ1v) is 8.81. The Hall–Kier alpha value is -3.35. The molecule has 1 aliphatic rings. The highest BCUT2D eigenvalue weighted by atomic mass is 16.5. The second kappa shape index (κ2) is 6.75. The number of anilines is 1. The van der Waals surface area contributed by atoms with E-state index in [4.69, 9.17) is 9.47 Å². The molecule has 2 aromatic heterocycles. The number of hydrogen-bond acceptors (Lipinski definition) is 5. The molecule has 0 spiro atoms. The fraction of sp³-hybridized carbons (Fsp3) is 0.250. The van der Waals surface area contributed by atoms with Gasteiger partial charge in [-0.05, 0) is 32.0 Å². The quantitative estimate of drug-likeness (QED) is 0.769. The number of aromatic nitrogens is 2. The Balaban J connectivity index is 1.70. The molecule has 7 heteroatoms. The van der Waals surface area contributed by atoms with E-state index in [2.05, 4.69) is 10.3 Å². The molecule has 1 atom stereocenters. The largest absolute Gasteiger partial charge is 0.492 e. The molecule has 7 nitrogen and oxygen atoms in total. The Morgan fingerprint density at radius 1 is 1.41 bits per heavy atom. The van der Waals surface area contributed by atoms with Gasteiger partial charge >= 0.3 is 0 Å². The van der Waals surface area contributed by atoms with Crippen LogP contribution in [-0.2, 0) is 6.42 Å². The van der Waals surface area contributed by atoms with E-state index in [0.29, 0.717) is 23.7 Å². The molecular weight excluding hydrogens is 346 g/mol. The fourth-order valence-electron chi connectivity index (χ4n) is 3.18. The molecule has 1 aromatic carbocycles. The number of fused-ring (bicyclic) bond motifs is 2. The zero-order chi connectivity index (χ0) is 19.0. The van der Waals surface area contributed by atoms with Gasteiger partial charge in [-0.15, -0.1) is 0 Å². The van der Waals surface area contributed by atoms with E-state index in [1.807, 2.05) is 19.9 Å². The van der Waals surface area contributed by atoms with Crippen molar-refractivity contribution >= 4 is 17.2 Å². The summed E-state index contributed by atoms with van der Waals surface area (Å²) in [6.07, 6.45) is 3.74. The Morgan fingerprint density at radius 3 is 3.07 bits per heavy atom. The first-order valence-electron chi connectivity index (χ1n) is 8.81. The van der Waals surface area contributed by atoms with E-state index >= 15 is 0 Å². The number of carbonyl (C=O) groups is 1. The topological polar surface area (TPSA) is 81.9 Å². The van der Waals surface area contributed by atoms with Crippen LogP contribution in [0.5, 0.6) is 11.5 Å². The molecule has 3 heterocycles. The lowest BCUT2D eigenvalue weighted by Crippen LogP contribution is -2.26. The second-order valence-corrected chi connectivity index (χ2v) is 6.38. The van der Waals surface area contributed by atoms with E-state index in [1.165, 1.54) is 10.6 Å². The van der Waals surface area contributed by atoms with Crippen molar-refractivity contribution in [1.29, 1.82) is 0 Å². The van der Waals surface area contributed by atoms with Crippen molar-refractivity contribution in [1.82, 2.24) is 9.38 Å². The number of amides is 1. The smallest absolute Gasteiger partial charge is 0.270 e. The number of hydrogen-bond donors (Lipinski definition) is 1. The van der Waals surface area contributed by atoms with Crippen LogP contribution in [0.1, 0.15) is 29.8 Å². The molecule has 0 saturated carbocycles. The first kappa shape index (κ1) is 17.1. The highest BCUT2D eigenvalue weighted by Crippen LogP contribution is 2.38. The lowest BCUT2D eigenvalue weighted by atomic mass is 10.1. The lowest BCUT2D eigenvalue weighted by Gasteiger charge is -2.13. The summed E-state index contributed by atoms with van der Waals surface area (Å²) in [6.45, 7) is 4.32. The molecule has 1 aliphatic heterocycles. The minimum absolute atomic E-state index is 0.0454. The number of rotatable bonds is 4. The Kier molecular flexibility index (Phi) is 4.27. The van der Waals surface area contributed by atoms with Gasteiger partial charge in [0, 0.05) is 30.4 Å². The Morgan fingerprint density at radius 2 is 2.26 bits per heavy atom. The molecule has 27 heavy (non-hydrogen) atoms. The van der Waals surface area contributed by atoms with Crippen molar-refractivity contribution in [3.05, 3.63) is 64.2 Å². The van der Waals surface area contributed by atoms with E-state index < -0.39 is 11.5 Å². The maximum atomic E-state index is 12.7. The second-order valence-electron chi connectivity index (χ2n) is 6.38. The predicted octanol–water partition coefficient (Wildman–Crippen LogP) is 2.67. The van der Waals surface area contributed by atoms with Crippen molar-refractivity contribution in [3.8, 4) is 11.5 Å². The number of pyridine rings is 1. The molecule has 1 amide bonds. The normalized spacial score (nSPS) is 15.3. The summed E-state index contributed by atoms with van der Waals surface area (Å²) in [5, 5.41) is 2.76. The highest BCUT2D eigenvalue weighted by Gasteiger charge is 2.23. The van der Waals surface area contributed by atoms with Gasteiger partial charge in [0.15, 0.2) is 0 Å². The molecule has 0 unspecified atom stereocenters. The van der Waals surface area contributed by atoms with Crippen molar-refractivity contribution in [2.24, 2.45) is 0 Å². The van der Waals surface area contributed by atoms with Crippen LogP contribution in [0.15, 0.2) is 47.5 Å². The maximum Gasteiger partial charge on any atom is 0.270 e. The highest BCUT2D eigenvalue weighted by molar-refractivity contribution is 6.04. The maximum absolute atomic E-state index is 12.7. The van der Waals surface area contributed by atoms with Gasteiger partial charge in [-0.3, -0.25) is 14.0 Å². The summed E-state index contributed by atoms with van der Waals surface area (Å²) in [7, 11) is 0. The molecular formula is C20H19N3O4. The van der Waals surface area contributed by atoms with Gasteiger partial charge in [-0.1, -0.05) is 6.07 Å². The van der Waals surface area contributed by atoms with Gasteiger partial charge in [0.05, 0.1) is 12.3 Å². The molecule has 0 radical (unpaired) electrons. The van der Waals surface area contributed by atoms with Crippen LogP contribution >= 0.6 is 0 Å². The molecule has 1 N–H and O–H groups in total. The lowest BCUT2D eigenvalue weighted by molar-refractivity contribution is 0.102. The summed E-state index contributed by atoms with van der Waals surface area (Å²) in [6, 6.07) is 8.82. The number of ether oxygens (including phenoxy) is 2. The summed E-state index contributed by atoms with van der Waals surface area (Å²) in [5.74, 6) is 0.725. The molecule has 138 valence electrons. The summed E-state index contributed by atoms with van der Waals surface area (Å²) >= 11 is 0. The zero-order valence-corrected chi connectivity index (χ0v) is 15.1. The van der Waals surface area contributed by atoms with E-state index in [0.717, 1.165) is 17.7 Å². The standard InChI is InChI=1S/C20H19N3O4/c1-3-26-17-9-13-8-12(2)27-16(13)10-15(17)22-19(24)14-11-21-18-6-4-5-7-23(18)20(14)25/h4-7,9-12H,3,8H2,1-2H3,(H,22,24)/t12-/m1/s1. The third-order valence-corrected chi connectivity index (χ3v) is 4.40. The molecule has 4 rings (SSSR count). The minimum Gasteiger partial charge on any atom is -0.492 e. The van der Waals surface area contributed by atoms with Gasteiger partial charge in [0.1, 0.15) is 28.8 Å². The van der Waals surface area contributed by atoms with Gasteiger partial charge in [0.25, 0.3) is 11.5 Å². The van der Waals surface area contributed by atoms with Crippen LogP contribution in [-0.4, -0.2) is 28.0 Å². The Bertz CT molecular complexity index is 1090. The van der Waals surface area contributed by atoms with Crippen LogP contribution < -0.4 is 20.3 Å². The van der Waals surface area contributed by atoms with Crippen LogP contribution in [0.2, 0.25) is 0 Å². The summed E-state index contributed by atoms with van der Waals surface area (Å²) in [4.78, 5) is 29.5. The molecule has 3 aromatic rings. The van der Waals surface area contributed by atoms with Crippen molar-refractivity contribution in [2.75, 3.05) is 11.9 Å². The van der Waals surface area contributed by atoms with Crippen molar-refractivity contribution < 1.29 is 14.3 Å². The van der Waals surface area contributed by atoms with Crippen molar-refractivity contribution in [3.63, 3.8) is 0 Å². The monoisotopic (exact) mass is 365 g/mol. The molecule has 0 aliphatic carbocycles. The van der Waals surface area contributed by atoms with Gasteiger partial charge < -0.3 is 14.8 Å². The number of carbonyl (C=O) groups excluding carboxylic acids is 1. The predicted molar refractivity (Wildman–Crippen MR) is 101 cm³/mol. The third kappa shape index (κ3) is 3.12. The van der Waals surface area contributed by atoms with Crippen LogP contribution in [0, 0.1) is 0 Å². The average Bonchev–Trinajstić information content (AvgIpc) is 3.01. The minimum atomic E-state index is -0.544. The van der Waals surface area contributed by atoms with Crippen LogP contribution in [0.3, 0.4) is 0 Å².